The highest BCUT2D eigenvalue weighted by Crippen LogP contribution is 2.18. The molecule has 0 aromatic carbocycles. The van der Waals surface area contributed by atoms with Crippen LogP contribution in [0.1, 0.15) is 122 Å². The fraction of sp³-hybridized carbons (Fsp3) is 0.865. The fourth-order valence-electron chi connectivity index (χ4n) is 4.53. The van der Waals surface area contributed by atoms with Crippen LogP contribution in [0.25, 0.3) is 0 Å². The molecule has 0 aromatic rings. The lowest BCUT2D eigenvalue weighted by Gasteiger charge is -2.29. The summed E-state index contributed by atoms with van der Waals surface area (Å²) in [7, 11) is 1.86. The zero-order chi connectivity index (χ0) is 35.5. The quantitative estimate of drug-likeness (QED) is 0.221. The summed E-state index contributed by atoms with van der Waals surface area (Å²) in [5.74, 6) is 2.31. The Morgan fingerprint density at radius 2 is 1.67 bits per heavy atom. The van der Waals surface area contributed by atoms with E-state index in [1.807, 2.05) is 41.7 Å². The van der Waals surface area contributed by atoms with Crippen molar-refractivity contribution >= 4 is 17.6 Å². The van der Waals surface area contributed by atoms with Crippen LogP contribution >= 0.6 is 0 Å². The molecule has 9 nitrogen and oxygen atoms in total. The van der Waals surface area contributed by atoms with Gasteiger partial charge in [-0.2, -0.15) is 0 Å². The van der Waals surface area contributed by atoms with Crippen molar-refractivity contribution in [3.63, 3.8) is 0 Å². The van der Waals surface area contributed by atoms with Crippen LogP contribution in [0.3, 0.4) is 0 Å². The third-order valence-corrected chi connectivity index (χ3v) is 6.93. The van der Waals surface area contributed by atoms with E-state index >= 15 is 0 Å². The second-order valence-electron chi connectivity index (χ2n) is 13.5. The van der Waals surface area contributed by atoms with E-state index < -0.39 is 5.60 Å². The maximum atomic E-state index is 11.9. The number of aliphatic imine (C=N–C) groups is 2. The van der Waals surface area contributed by atoms with Crippen LogP contribution in [0.5, 0.6) is 0 Å². The number of carbonyl (C=O) groups excluding carboxylic acids is 1. The molecule has 0 aliphatic carbocycles. The van der Waals surface area contributed by atoms with E-state index in [9.17, 15) is 4.79 Å². The van der Waals surface area contributed by atoms with Crippen molar-refractivity contribution in [3.8, 4) is 0 Å². The molecule has 0 saturated carbocycles. The molecule has 2 N–H and O–H groups in total. The molecule has 0 aromatic heterocycles. The van der Waals surface area contributed by atoms with Gasteiger partial charge in [0, 0.05) is 52.4 Å². The first kappa shape index (κ1) is 46.0. The summed E-state index contributed by atoms with van der Waals surface area (Å²) in [5.41, 5.74) is 1.61. The molecule has 2 aliphatic rings. The standard InChI is InChI=1S/C27H50N6O3.C5H12.C3H8.C2H6/c1-8-23-24(28-7)25(29-13-14-32-15-17-35-18-16-32)31-22(20-33(23)19-21(2)3)11-9-10-12-30-26(34)36-27(4,5)6;1-4-5(2)3;1-3-2;1-2/h8,21-22H,9-20H2,1-7H3,(H,29,31)(H,30,34);5H,4H2,1-3H3;3H2,1-2H3;1-2H3/b23-8+,28-24?;;;/t22-;;;/m0.../s1. The molecule has 9 heteroatoms. The maximum Gasteiger partial charge on any atom is 0.407 e. The van der Waals surface area contributed by atoms with E-state index in [0.29, 0.717) is 12.5 Å². The predicted molar refractivity (Wildman–Crippen MR) is 201 cm³/mol. The number of rotatable bonds is 11. The summed E-state index contributed by atoms with van der Waals surface area (Å²) in [6, 6.07) is 0.251. The lowest BCUT2D eigenvalue weighted by Crippen LogP contribution is -2.41. The SMILES string of the molecule is C/C=C1\C(=NC)C(=NCCN2CCOCC2)N[C@@H](CCCCNC(=O)OC(C)(C)C)CN1CC(C)C.CC.CCC.CCC(C)C. The minimum Gasteiger partial charge on any atom is -0.444 e. The van der Waals surface area contributed by atoms with Gasteiger partial charge in [-0.15, -0.1) is 0 Å². The largest absolute Gasteiger partial charge is 0.444 e. The molecule has 0 bridgehead atoms. The predicted octanol–water partition coefficient (Wildman–Crippen LogP) is 7.81. The number of nitrogens with one attached hydrogen (secondary N) is 2. The van der Waals surface area contributed by atoms with Gasteiger partial charge in [0.1, 0.15) is 17.1 Å². The molecule has 46 heavy (non-hydrogen) atoms. The average molecular weight is 653 g/mol. The summed E-state index contributed by atoms with van der Waals surface area (Å²) in [5, 5.41) is 6.60. The topological polar surface area (TPSA) is 90.8 Å². The first-order valence-corrected chi connectivity index (χ1v) is 18.3. The highest BCUT2D eigenvalue weighted by molar-refractivity contribution is 6.47. The van der Waals surface area contributed by atoms with Gasteiger partial charge in [0.15, 0.2) is 0 Å². The van der Waals surface area contributed by atoms with Gasteiger partial charge in [0.05, 0.1) is 25.5 Å². The van der Waals surface area contributed by atoms with Gasteiger partial charge in [-0.3, -0.25) is 14.9 Å². The zero-order valence-electron chi connectivity index (χ0n) is 32.7. The second-order valence-corrected chi connectivity index (χ2v) is 13.5. The molecule has 2 saturated heterocycles. The van der Waals surface area contributed by atoms with Crippen LogP contribution in [0, 0.1) is 11.8 Å². The Balaban J connectivity index is 0. The number of unbranched alkanes of at least 4 members (excludes halogenated alkanes) is 1. The Bertz CT molecular complexity index is 843. The van der Waals surface area contributed by atoms with Crippen LogP contribution in [-0.4, -0.2) is 105 Å². The van der Waals surface area contributed by atoms with Crippen molar-refractivity contribution in [2.75, 3.05) is 66.1 Å². The molecule has 2 aliphatic heterocycles. The molecule has 272 valence electrons. The lowest BCUT2D eigenvalue weighted by molar-refractivity contribution is 0.0394. The monoisotopic (exact) mass is 653 g/mol. The van der Waals surface area contributed by atoms with Crippen LogP contribution in [-0.2, 0) is 9.47 Å². The van der Waals surface area contributed by atoms with Gasteiger partial charge >= 0.3 is 6.09 Å². The first-order chi connectivity index (χ1) is 21.8. The van der Waals surface area contributed by atoms with Crippen molar-refractivity contribution in [3.05, 3.63) is 11.8 Å². The number of carbonyl (C=O) groups is 1. The number of amidine groups is 1. The minimum absolute atomic E-state index is 0.251. The minimum atomic E-state index is -0.477. The number of ether oxygens (including phenoxy) is 2. The highest BCUT2D eigenvalue weighted by atomic mass is 16.6. The van der Waals surface area contributed by atoms with Gasteiger partial charge in [-0.1, -0.05) is 81.2 Å². The molecule has 2 fully saturated rings. The van der Waals surface area contributed by atoms with Crippen molar-refractivity contribution in [2.45, 2.75) is 134 Å². The number of nitrogens with zero attached hydrogens (tertiary/aromatic N) is 4. The Hall–Kier alpha value is -2.13. The highest BCUT2D eigenvalue weighted by Gasteiger charge is 2.28. The third-order valence-electron chi connectivity index (χ3n) is 6.93. The van der Waals surface area contributed by atoms with E-state index in [-0.39, 0.29) is 12.1 Å². The molecular weight excluding hydrogens is 576 g/mol. The molecule has 1 atom stereocenters. The molecule has 0 spiro atoms. The fourth-order valence-corrected chi connectivity index (χ4v) is 4.53. The van der Waals surface area contributed by atoms with Crippen molar-refractivity contribution < 1.29 is 14.3 Å². The Labute approximate surface area is 285 Å². The van der Waals surface area contributed by atoms with Crippen molar-refractivity contribution in [2.24, 2.45) is 21.8 Å². The molecule has 0 radical (unpaired) electrons. The van der Waals surface area contributed by atoms with E-state index in [1.165, 1.54) is 12.8 Å². The summed E-state index contributed by atoms with van der Waals surface area (Å²) < 4.78 is 10.8. The van der Waals surface area contributed by atoms with Crippen LogP contribution in [0.4, 0.5) is 4.79 Å². The van der Waals surface area contributed by atoms with E-state index in [2.05, 4.69) is 86.9 Å². The molecule has 2 rings (SSSR count). The Morgan fingerprint density at radius 1 is 1.09 bits per heavy atom. The maximum absolute atomic E-state index is 11.9. The van der Waals surface area contributed by atoms with Crippen molar-refractivity contribution in [1.82, 2.24) is 20.4 Å². The van der Waals surface area contributed by atoms with Crippen LogP contribution in [0.15, 0.2) is 21.8 Å². The second kappa shape index (κ2) is 27.9. The molecular formula is C37H76N6O3. The van der Waals surface area contributed by atoms with Gasteiger partial charge in [0.25, 0.3) is 0 Å². The molecule has 2 heterocycles. The van der Waals surface area contributed by atoms with Crippen molar-refractivity contribution in [1.29, 1.82) is 0 Å². The molecule has 1 amide bonds. The Morgan fingerprint density at radius 3 is 2.15 bits per heavy atom. The third kappa shape index (κ3) is 23.2. The Kier molecular flexibility index (Phi) is 27.9. The average Bonchev–Trinajstić information content (AvgIpc) is 3.13. The number of morpholine rings is 1. The number of alkyl carbamates (subject to hydrolysis) is 1. The summed E-state index contributed by atoms with van der Waals surface area (Å²) >= 11 is 0. The van der Waals surface area contributed by atoms with Crippen LogP contribution < -0.4 is 10.6 Å². The number of hydrogen-bond donors (Lipinski definition) is 2. The van der Waals surface area contributed by atoms with Gasteiger partial charge < -0.3 is 25.0 Å². The van der Waals surface area contributed by atoms with E-state index in [4.69, 9.17) is 14.5 Å². The summed E-state index contributed by atoms with van der Waals surface area (Å²) in [6.45, 7) is 34.8. The van der Waals surface area contributed by atoms with E-state index in [1.54, 1.807) is 0 Å². The van der Waals surface area contributed by atoms with Gasteiger partial charge in [0.2, 0.25) is 0 Å². The van der Waals surface area contributed by atoms with Crippen LogP contribution in [0.2, 0.25) is 0 Å². The first-order valence-electron chi connectivity index (χ1n) is 18.3. The number of amides is 1. The summed E-state index contributed by atoms with van der Waals surface area (Å²) in [4.78, 5) is 26.5. The zero-order valence-corrected chi connectivity index (χ0v) is 32.7. The summed E-state index contributed by atoms with van der Waals surface area (Å²) in [6.07, 6.45) is 7.25. The number of allylic oxidation sites excluding steroid dienone is 1. The van der Waals surface area contributed by atoms with Gasteiger partial charge in [-0.25, -0.2) is 4.79 Å². The smallest absolute Gasteiger partial charge is 0.407 e. The normalized spacial score (nSPS) is 19.8. The number of hydrogen-bond acceptors (Lipinski definition) is 7. The van der Waals surface area contributed by atoms with Gasteiger partial charge in [-0.05, 0) is 58.8 Å². The van der Waals surface area contributed by atoms with E-state index in [0.717, 1.165) is 94.9 Å². The lowest BCUT2D eigenvalue weighted by atomic mass is 10.1. The molecule has 0 unspecified atom stereocenters.